The van der Waals surface area contributed by atoms with E-state index in [1.807, 2.05) is 24.3 Å². The summed E-state index contributed by atoms with van der Waals surface area (Å²) in [4.78, 5) is 10.8. The number of para-hydroxylation sites is 1. The molecule has 7 aromatic carbocycles. The topological polar surface area (TPSA) is 43.9 Å². The van der Waals surface area contributed by atoms with Gasteiger partial charge >= 0.3 is 0 Å². The van der Waals surface area contributed by atoms with E-state index in [1.54, 1.807) is 0 Å². The lowest BCUT2D eigenvalue weighted by Gasteiger charge is -2.14. The summed E-state index contributed by atoms with van der Waals surface area (Å²) < 4.78 is 8.85. The number of aromatic nitrogens is 3. The van der Waals surface area contributed by atoms with Gasteiger partial charge in [0.2, 0.25) is 5.95 Å². The molecule has 1 aliphatic rings. The zero-order valence-electron chi connectivity index (χ0n) is 25.2. The quantitative estimate of drug-likeness (QED) is 0.199. The lowest BCUT2D eigenvalue weighted by molar-refractivity contribution is 0.666. The Bertz CT molecular complexity index is 2930. The first-order chi connectivity index (χ1) is 23.3. The standard InChI is InChI=1S/C43H25N3O/c1-2-13-26(14-3-1)38-42-39(32-20-10-11-21-35(32)47-42)45-43(44-38)46-40-29-17-7-4-12-25(29)22-23-33(40)37-31-19-9-8-18-30(31)36-28-16-6-5-15-27(28)24-34(36)41(37)46/h1-23H,24H2. The second kappa shape index (κ2) is 9.15. The van der Waals surface area contributed by atoms with Crippen molar-refractivity contribution in [1.29, 1.82) is 0 Å². The summed E-state index contributed by atoms with van der Waals surface area (Å²) >= 11 is 0. The van der Waals surface area contributed by atoms with E-state index in [-0.39, 0.29) is 0 Å². The molecule has 10 aromatic rings. The van der Waals surface area contributed by atoms with Crippen molar-refractivity contribution in [2.75, 3.05) is 0 Å². The van der Waals surface area contributed by atoms with Gasteiger partial charge in [-0.2, -0.15) is 0 Å². The Morgan fingerprint density at radius 3 is 2.17 bits per heavy atom. The first-order valence-corrected chi connectivity index (χ1v) is 16.1. The molecule has 4 nitrogen and oxygen atoms in total. The summed E-state index contributed by atoms with van der Waals surface area (Å²) in [7, 11) is 0. The zero-order chi connectivity index (χ0) is 30.6. The number of hydrogen-bond acceptors (Lipinski definition) is 3. The van der Waals surface area contributed by atoms with Crippen LogP contribution in [0.25, 0.3) is 93.8 Å². The molecular weight excluding hydrogens is 574 g/mol. The second-order valence-corrected chi connectivity index (χ2v) is 12.5. The summed E-state index contributed by atoms with van der Waals surface area (Å²) in [5.74, 6) is 0.646. The van der Waals surface area contributed by atoms with Gasteiger partial charge in [0.1, 0.15) is 16.8 Å². The van der Waals surface area contributed by atoms with Crippen LogP contribution in [0.2, 0.25) is 0 Å². The monoisotopic (exact) mass is 599 g/mol. The summed E-state index contributed by atoms with van der Waals surface area (Å²) in [5, 5.41) is 8.33. The summed E-state index contributed by atoms with van der Waals surface area (Å²) in [6.07, 6.45) is 0.851. The molecule has 0 atom stereocenters. The van der Waals surface area contributed by atoms with Crippen LogP contribution in [0.3, 0.4) is 0 Å². The molecule has 0 unspecified atom stereocenters. The Morgan fingerprint density at radius 2 is 1.28 bits per heavy atom. The van der Waals surface area contributed by atoms with Crippen molar-refractivity contribution in [2.45, 2.75) is 6.42 Å². The van der Waals surface area contributed by atoms with Crippen molar-refractivity contribution < 1.29 is 4.42 Å². The zero-order valence-corrected chi connectivity index (χ0v) is 25.2. The predicted octanol–water partition coefficient (Wildman–Crippen LogP) is 11.0. The van der Waals surface area contributed by atoms with E-state index in [2.05, 4.69) is 120 Å². The maximum atomic E-state index is 6.50. The molecule has 0 aliphatic heterocycles. The Hall–Kier alpha value is -6.26. The molecule has 218 valence electrons. The van der Waals surface area contributed by atoms with Gasteiger partial charge in [-0.3, -0.25) is 4.57 Å². The largest absolute Gasteiger partial charge is 0.452 e. The van der Waals surface area contributed by atoms with Crippen molar-refractivity contribution in [1.82, 2.24) is 14.5 Å². The SMILES string of the molecule is c1ccc(-c2nc(-n3c4c5c(c6ccccc6c4c4ccc6ccccc6c43)-c3ccccc3C5)nc3c2oc2ccccc23)cc1. The first kappa shape index (κ1) is 25.0. The van der Waals surface area contributed by atoms with Crippen LogP contribution >= 0.6 is 0 Å². The third kappa shape index (κ3) is 3.31. The maximum absolute atomic E-state index is 6.50. The van der Waals surface area contributed by atoms with Gasteiger partial charge in [0.05, 0.1) is 11.0 Å². The van der Waals surface area contributed by atoms with Gasteiger partial charge in [0.25, 0.3) is 0 Å². The van der Waals surface area contributed by atoms with Crippen molar-refractivity contribution in [3.8, 4) is 28.3 Å². The number of furan rings is 1. The van der Waals surface area contributed by atoms with E-state index in [0.717, 1.165) is 39.7 Å². The highest BCUT2D eigenvalue weighted by Crippen LogP contribution is 2.50. The first-order valence-electron chi connectivity index (χ1n) is 16.1. The fourth-order valence-corrected chi connectivity index (χ4v) is 8.07. The average Bonchev–Trinajstić information content (AvgIpc) is 3.82. The number of hydrogen-bond donors (Lipinski definition) is 0. The number of fused-ring (bicyclic) bond motifs is 15. The summed E-state index contributed by atoms with van der Waals surface area (Å²) in [5.41, 5.74) is 11.7. The molecule has 0 radical (unpaired) electrons. The highest BCUT2D eigenvalue weighted by Gasteiger charge is 2.30. The highest BCUT2D eigenvalue weighted by atomic mass is 16.3. The molecule has 0 bridgehead atoms. The average molecular weight is 600 g/mol. The molecule has 0 fully saturated rings. The Kier molecular flexibility index (Phi) is 4.86. The van der Waals surface area contributed by atoms with Gasteiger partial charge in [-0.15, -0.1) is 0 Å². The second-order valence-electron chi connectivity index (χ2n) is 12.5. The molecule has 47 heavy (non-hydrogen) atoms. The van der Waals surface area contributed by atoms with Gasteiger partial charge in [-0.1, -0.05) is 127 Å². The van der Waals surface area contributed by atoms with Gasteiger partial charge < -0.3 is 4.42 Å². The number of nitrogens with zero attached hydrogens (tertiary/aromatic N) is 3. The van der Waals surface area contributed by atoms with Crippen LogP contribution < -0.4 is 0 Å². The van der Waals surface area contributed by atoms with Crippen LogP contribution in [-0.2, 0) is 6.42 Å². The third-order valence-corrected chi connectivity index (χ3v) is 10.0. The molecule has 0 saturated carbocycles. The van der Waals surface area contributed by atoms with Crippen molar-refractivity contribution in [3.63, 3.8) is 0 Å². The van der Waals surface area contributed by atoms with Crippen LogP contribution in [0.1, 0.15) is 11.1 Å². The number of rotatable bonds is 2. The predicted molar refractivity (Wildman–Crippen MR) is 192 cm³/mol. The Labute approximate surface area is 269 Å². The lowest BCUT2D eigenvalue weighted by atomic mass is 9.93. The van der Waals surface area contributed by atoms with Crippen LogP contribution in [0, 0.1) is 0 Å². The van der Waals surface area contributed by atoms with E-state index >= 15 is 0 Å². The van der Waals surface area contributed by atoms with Crippen LogP contribution in [0.15, 0.2) is 144 Å². The fraction of sp³-hybridized carbons (Fsp3) is 0.0233. The molecule has 0 N–H and O–H groups in total. The van der Waals surface area contributed by atoms with E-state index < -0.39 is 0 Å². The fourth-order valence-electron chi connectivity index (χ4n) is 8.07. The van der Waals surface area contributed by atoms with Crippen LogP contribution in [0.4, 0.5) is 0 Å². The smallest absolute Gasteiger partial charge is 0.236 e. The minimum Gasteiger partial charge on any atom is -0.452 e. The molecule has 0 spiro atoms. The van der Waals surface area contributed by atoms with Crippen molar-refractivity contribution >= 4 is 65.4 Å². The van der Waals surface area contributed by atoms with Gasteiger partial charge in [0, 0.05) is 33.5 Å². The molecule has 0 saturated heterocycles. The summed E-state index contributed by atoms with van der Waals surface area (Å²) in [6.45, 7) is 0. The molecule has 11 rings (SSSR count). The van der Waals surface area contributed by atoms with E-state index in [4.69, 9.17) is 14.4 Å². The molecule has 0 amide bonds. The van der Waals surface area contributed by atoms with Crippen LogP contribution in [-0.4, -0.2) is 14.5 Å². The molecule has 3 heterocycles. The minimum atomic E-state index is 0.646. The van der Waals surface area contributed by atoms with Crippen molar-refractivity contribution in [3.05, 3.63) is 151 Å². The van der Waals surface area contributed by atoms with E-state index in [0.29, 0.717) is 11.5 Å². The van der Waals surface area contributed by atoms with Gasteiger partial charge in [-0.25, -0.2) is 9.97 Å². The van der Waals surface area contributed by atoms with E-state index in [9.17, 15) is 0 Å². The van der Waals surface area contributed by atoms with Gasteiger partial charge in [-0.05, 0) is 50.5 Å². The molecule has 1 aliphatic carbocycles. The normalized spacial score (nSPS) is 12.6. The summed E-state index contributed by atoms with van der Waals surface area (Å²) in [6, 6.07) is 49.4. The Balaban J connectivity index is 1.40. The molecular formula is C43H25N3O. The minimum absolute atomic E-state index is 0.646. The highest BCUT2D eigenvalue weighted by molar-refractivity contribution is 6.29. The molecule has 4 heteroatoms. The van der Waals surface area contributed by atoms with Crippen LogP contribution in [0.5, 0.6) is 0 Å². The maximum Gasteiger partial charge on any atom is 0.236 e. The lowest BCUT2D eigenvalue weighted by Crippen LogP contribution is -2.04. The number of benzene rings is 7. The molecule has 3 aromatic heterocycles. The third-order valence-electron chi connectivity index (χ3n) is 10.0. The van der Waals surface area contributed by atoms with E-state index in [1.165, 1.54) is 60.1 Å². The van der Waals surface area contributed by atoms with Crippen molar-refractivity contribution in [2.24, 2.45) is 0 Å². The van der Waals surface area contributed by atoms with Gasteiger partial charge in [0.15, 0.2) is 5.58 Å². The Morgan fingerprint density at radius 1 is 0.553 bits per heavy atom.